The molecular formula is C12H18N2. The molecule has 0 spiro atoms. The minimum absolute atomic E-state index is 0.359. The SMILES string of the molecule is Cn1ncc2c1C1(C)CCC2C1(C)C. The van der Waals surface area contributed by atoms with Crippen molar-refractivity contribution in [3.63, 3.8) is 0 Å². The van der Waals surface area contributed by atoms with Gasteiger partial charge in [-0.3, -0.25) is 4.68 Å². The summed E-state index contributed by atoms with van der Waals surface area (Å²) in [7, 11) is 2.08. The van der Waals surface area contributed by atoms with Crippen LogP contribution in [0.5, 0.6) is 0 Å². The number of rotatable bonds is 0. The minimum Gasteiger partial charge on any atom is -0.272 e. The normalized spacial score (nSPS) is 37.6. The maximum Gasteiger partial charge on any atom is 0.0527 e. The highest BCUT2D eigenvalue weighted by atomic mass is 15.3. The van der Waals surface area contributed by atoms with Crippen molar-refractivity contribution in [2.75, 3.05) is 0 Å². The summed E-state index contributed by atoms with van der Waals surface area (Å²) in [6, 6.07) is 0. The summed E-state index contributed by atoms with van der Waals surface area (Å²) >= 11 is 0. The van der Waals surface area contributed by atoms with Gasteiger partial charge >= 0.3 is 0 Å². The van der Waals surface area contributed by atoms with Gasteiger partial charge in [0, 0.05) is 18.2 Å². The van der Waals surface area contributed by atoms with Gasteiger partial charge in [-0.25, -0.2) is 0 Å². The van der Waals surface area contributed by atoms with Crippen molar-refractivity contribution in [1.82, 2.24) is 9.78 Å². The Bertz CT molecular complexity index is 402. The highest BCUT2D eigenvalue weighted by molar-refractivity contribution is 5.44. The van der Waals surface area contributed by atoms with E-state index in [9.17, 15) is 0 Å². The maximum atomic E-state index is 4.41. The van der Waals surface area contributed by atoms with Gasteiger partial charge in [0.05, 0.1) is 6.20 Å². The lowest BCUT2D eigenvalue weighted by atomic mass is 9.70. The summed E-state index contributed by atoms with van der Waals surface area (Å²) in [5, 5.41) is 4.41. The van der Waals surface area contributed by atoms with Crippen molar-refractivity contribution in [1.29, 1.82) is 0 Å². The molecule has 0 aliphatic heterocycles. The van der Waals surface area contributed by atoms with Crippen LogP contribution in [0.1, 0.15) is 50.8 Å². The van der Waals surface area contributed by atoms with E-state index in [1.165, 1.54) is 24.1 Å². The summed E-state index contributed by atoms with van der Waals surface area (Å²) in [4.78, 5) is 0. The third-order valence-corrected chi connectivity index (χ3v) is 5.09. The van der Waals surface area contributed by atoms with Crippen LogP contribution in [0.15, 0.2) is 6.20 Å². The second-order valence-electron chi connectivity index (χ2n) is 5.72. The molecule has 2 heteroatoms. The van der Waals surface area contributed by atoms with Crippen molar-refractivity contribution in [3.8, 4) is 0 Å². The van der Waals surface area contributed by atoms with Crippen LogP contribution in [0.2, 0.25) is 0 Å². The molecule has 2 aliphatic carbocycles. The molecule has 2 aliphatic rings. The number of hydrogen-bond donors (Lipinski definition) is 0. The lowest BCUT2D eigenvalue weighted by Gasteiger charge is -2.35. The summed E-state index contributed by atoms with van der Waals surface area (Å²) in [5.41, 5.74) is 3.81. The molecule has 76 valence electrons. The van der Waals surface area contributed by atoms with Crippen molar-refractivity contribution in [2.45, 2.75) is 44.9 Å². The van der Waals surface area contributed by atoms with E-state index >= 15 is 0 Å². The van der Waals surface area contributed by atoms with Crippen LogP contribution in [0, 0.1) is 5.41 Å². The van der Waals surface area contributed by atoms with Gasteiger partial charge in [-0.2, -0.15) is 5.10 Å². The van der Waals surface area contributed by atoms with Gasteiger partial charge in [0.25, 0.3) is 0 Å². The zero-order chi connectivity index (χ0) is 10.1. The molecule has 2 unspecified atom stereocenters. The fourth-order valence-electron chi connectivity index (χ4n) is 3.85. The van der Waals surface area contributed by atoms with Crippen molar-refractivity contribution in [3.05, 3.63) is 17.5 Å². The highest BCUT2D eigenvalue weighted by Crippen LogP contribution is 2.67. The number of fused-ring (bicyclic) bond motifs is 5. The molecule has 14 heavy (non-hydrogen) atoms. The third kappa shape index (κ3) is 0.626. The first-order valence-electron chi connectivity index (χ1n) is 5.51. The molecule has 1 saturated carbocycles. The molecule has 3 rings (SSSR count). The Labute approximate surface area is 85.3 Å². The zero-order valence-corrected chi connectivity index (χ0v) is 9.46. The molecule has 2 atom stereocenters. The van der Waals surface area contributed by atoms with E-state index in [1.54, 1.807) is 0 Å². The fourth-order valence-corrected chi connectivity index (χ4v) is 3.85. The molecule has 2 nitrogen and oxygen atoms in total. The second-order valence-corrected chi connectivity index (χ2v) is 5.72. The average Bonchev–Trinajstić information content (AvgIpc) is 2.62. The van der Waals surface area contributed by atoms with E-state index in [0.29, 0.717) is 10.8 Å². The predicted molar refractivity (Wildman–Crippen MR) is 56.3 cm³/mol. The maximum absolute atomic E-state index is 4.41. The van der Waals surface area contributed by atoms with Crippen molar-refractivity contribution in [2.24, 2.45) is 12.5 Å². The van der Waals surface area contributed by atoms with Crippen LogP contribution in [-0.4, -0.2) is 9.78 Å². The Kier molecular flexibility index (Phi) is 1.26. The average molecular weight is 190 g/mol. The van der Waals surface area contributed by atoms with Crippen LogP contribution in [0.4, 0.5) is 0 Å². The molecule has 0 radical (unpaired) electrons. The van der Waals surface area contributed by atoms with Crippen LogP contribution < -0.4 is 0 Å². The number of nitrogens with zero attached hydrogens (tertiary/aromatic N) is 2. The van der Waals surface area contributed by atoms with Crippen molar-refractivity contribution >= 4 is 0 Å². The van der Waals surface area contributed by atoms with Gasteiger partial charge in [0.1, 0.15) is 0 Å². The Balaban J connectivity index is 2.32. The summed E-state index contributed by atoms with van der Waals surface area (Å²) < 4.78 is 2.09. The van der Waals surface area contributed by atoms with Crippen LogP contribution >= 0.6 is 0 Å². The van der Waals surface area contributed by atoms with E-state index in [4.69, 9.17) is 0 Å². The highest BCUT2D eigenvalue weighted by Gasteiger charge is 2.61. The molecular weight excluding hydrogens is 172 g/mol. The van der Waals surface area contributed by atoms with Gasteiger partial charge in [-0.1, -0.05) is 20.8 Å². The van der Waals surface area contributed by atoms with Crippen LogP contribution in [0.25, 0.3) is 0 Å². The number of hydrogen-bond acceptors (Lipinski definition) is 1. The minimum atomic E-state index is 0.359. The van der Waals surface area contributed by atoms with Crippen LogP contribution in [-0.2, 0) is 12.5 Å². The molecule has 1 aromatic rings. The lowest BCUT2D eigenvalue weighted by Crippen LogP contribution is -2.33. The van der Waals surface area contributed by atoms with E-state index < -0.39 is 0 Å². The Morgan fingerprint density at radius 1 is 1.43 bits per heavy atom. The fraction of sp³-hybridized carbons (Fsp3) is 0.750. The van der Waals surface area contributed by atoms with Gasteiger partial charge in [-0.15, -0.1) is 0 Å². The van der Waals surface area contributed by atoms with Crippen molar-refractivity contribution < 1.29 is 0 Å². The molecule has 2 bridgehead atoms. The first-order valence-corrected chi connectivity index (χ1v) is 5.51. The van der Waals surface area contributed by atoms with Gasteiger partial charge in [0.2, 0.25) is 0 Å². The topological polar surface area (TPSA) is 17.8 Å². The third-order valence-electron chi connectivity index (χ3n) is 5.09. The molecule has 0 N–H and O–H groups in total. The predicted octanol–water partition coefficient (Wildman–Crippen LogP) is 2.60. The number of aromatic nitrogens is 2. The van der Waals surface area contributed by atoms with E-state index in [2.05, 4.69) is 43.8 Å². The van der Waals surface area contributed by atoms with Gasteiger partial charge in [0.15, 0.2) is 0 Å². The summed E-state index contributed by atoms with van der Waals surface area (Å²) in [6.45, 7) is 7.26. The molecule has 1 fully saturated rings. The monoisotopic (exact) mass is 190 g/mol. The van der Waals surface area contributed by atoms with Gasteiger partial charge in [-0.05, 0) is 29.7 Å². The lowest BCUT2D eigenvalue weighted by molar-refractivity contribution is 0.220. The van der Waals surface area contributed by atoms with E-state index in [-0.39, 0.29) is 0 Å². The summed E-state index contributed by atoms with van der Waals surface area (Å²) in [5.74, 6) is 0.746. The molecule has 1 aromatic heterocycles. The Hall–Kier alpha value is -0.790. The largest absolute Gasteiger partial charge is 0.272 e. The second kappa shape index (κ2) is 2.07. The first kappa shape index (κ1) is 8.51. The zero-order valence-electron chi connectivity index (χ0n) is 9.46. The number of aryl methyl sites for hydroxylation is 1. The quantitative estimate of drug-likeness (QED) is 0.615. The van der Waals surface area contributed by atoms with Crippen LogP contribution in [0.3, 0.4) is 0 Å². The Morgan fingerprint density at radius 3 is 2.79 bits per heavy atom. The Morgan fingerprint density at radius 2 is 2.14 bits per heavy atom. The molecule has 1 heterocycles. The molecule has 0 amide bonds. The molecule has 0 aromatic carbocycles. The van der Waals surface area contributed by atoms with E-state index in [1.807, 2.05) is 0 Å². The smallest absolute Gasteiger partial charge is 0.0527 e. The summed E-state index contributed by atoms with van der Waals surface area (Å²) in [6.07, 6.45) is 4.77. The van der Waals surface area contributed by atoms with Gasteiger partial charge < -0.3 is 0 Å². The molecule has 0 saturated heterocycles. The standard InChI is InChI=1S/C12H18N2/c1-11(2)9-5-6-12(11,3)10-8(9)7-13-14(10)4/h7,9H,5-6H2,1-4H3. The van der Waals surface area contributed by atoms with E-state index in [0.717, 1.165) is 5.92 Å². The first-order chi connectivity index (χ1) is 6.48.